The van der Waals surface area contributed by atoms with Gasteiger partial charge in [-0.1, -0.05) is 168 Å². The lowest BCUT2D eigenvalue weighted by Crippen LogP contribution is -2.51. The molecule has 0 rings (SSSR count). The highest BCUT2D eigenvalue weighted by molar-refractivity contribution is 7.45. The molecule has 1 unspecified atom stereocenters. The van der Waals surface area contributed by atoms with E-state index in [1.807, 2.05) is 21.1 Å². The number of carbonyl (C=O) groups excluding carboxylic acids is 1. The Labute approximate surface area is 309 Å². The van der Waals surface area contributed by atoms with Crippen LogP contribution < -0.4 is 10.2 Å². The summed E-state index contributed by atoms with van der Waals surface area (Å²) in [6.07, 6.45) is 27.1. The summed E-state index contributed by atoms with van der Waals surface area (Å²) in [5, 5.41) is 24.5. The Morgan fingerprint density at radius 2 is 1.10 bits per heavy atom. The molecule has 1 amide bonds. The Morgan fingerprint density at radius 1 is 0.680 bits per heavy atom. The number of aliphatic hydroxyl groups excluding tert-OH is 2. The Bertz CT molecular complexity index is 824. The SMILES string of the molecule is CCCCCCCCCCCCCCCCCC(=O)N[C@@H](COP(=O)([O-])OCC[N+](C)(C)C)[C@H](O)[C@H](O)CCCCCCCCCCC(C)C. The van der Waals surface area contributed by atoms with E-state index in [1.165, 1.54) is 116 Å². The van der Waals surface area contributed by atoms with Gasteiger partial charge in [-0.05, 0) is 18.8 Å². The number of hydrogen-bond acceptors (Lipinski definition) is 7. The fourth-order valence-electron chi connectivity index (χ4n) is 6.20. The number of nitrogens with zero attached hydrogens (tertiary/aromatic N) is 1. The summed E-state index contributed by atoms with van der Waals surface area (Å²) in [5.41, 5.74) is 0. The number of amides is 1. The molecule has 0 spiro atoms. The second-order valence-corrected chi connectivity index (χ2v) is 17.7. The van der Waals surface area contributed by atoms with Crippen molar-refractivity contribution < 1.29 is 38.0 Å². The molecule has 0 aromatic heterocycles. The maximum absolute atomic E-state index is 12.8. The van der Waals surface area contributed by atoms with Crippen LogP contribution in [0.4, 0.5) is 0 Å². The minimum Gasteiger partial charge on any atom is -0.756 e. The van der Waals surface area contributed by atoms with Gasteiger partial charge in [0.2, 0.25) is 5.91 Å². The summed E-state index contributed by atoms with van der Waals surface area (Å²) in [5.74, 6) is 0.491. The molecule has 0 radical (unpaired) electrons. The first-order valence-corrected chi connectivity index (χ1v) is 22.3. The lowest BCUT2D eigenvalue weighted by molar-refractivity contribution is -0.870. The van der Waals surface area contributed by atoms with Crippen molar-refractivity contribution in [2.24, 2.45) is 5.92 Å². The highest BCUT2D eigenvalue weighted by atomic mass is 31.2. The topological polar surface area (TPSA) is 128 Å². The Balaban J connectivity index is 4.52. The van der Waals surface area contributed by atoms with E-state index >= 15 is 0 Å². The van der Waals surface area contributed by atoms with Crippen LogP contribution in [0.3, 0.4) is 0 Å². The molecule has 10 heteroatoms. The van der Waals surface area contributed by atoms with E-state index in [1.54, 1.807) is 0 Å². The van der Waals surface area contributed by atoms with E-state index in [9.17, 15) is 24.5 Å². The normalized spacial score (nSPS) is 15.2. The quantitative estimate of drug-likeness (QED) is 0.0330. The van der Waals surface area contributed by atoms with Crippen LogP contribution in [0.1, 0.15) is 188 Å². The first kappa shape index (κ1) is 49.5. The molecule has 4 atom stereocenters. The van der Waals surface area contributed by atoms with Crippen LogP contribution in [-0.4, -0.2) is 79.8 Å². The van der Waals surface area contributed by atoms with Crippen LogP contribution >= 0.6 is 7.82 Å². The molecule has 0 fully saturated rings. The molecule has 0 aliphatic heterocycles. The Morgan fingerprint density at radius 3 is 1.54 bits per heavy atom. The molecule has 0 saturated carbocycles. The third-order valence-electron chi connectivity index (χ3n) is 9.62. The van der Waals surface area contributed by atoms with Gasteiger partial charge in [0.25, 0.3) is 7.82 Å². The highest BCUT2D eigenvalue weighted by Gasteiger charge is 2.29. The minimum atomic E-state index is -4.65. The van der Waals surface area contributed by atoms with Crippen molar-refractivity contribution in [1.29, 1.82) is 0 Å². The predicted octanol–water partition coefficient (Wildman–Crippen LogP) is 9.22. The summed E-state index contributed by atoms with van der Waals surface area (Å²) in [6.45, 7) is 6.72. The molecule has 0 saturated heterocycles. The highest BCUT2D eigenvalue weighted by Crippen LogP contribution is 2.38. The van der Waals surface area contributed by atoms with Crippen molar-refractivity contribution in [2.45, 2.75) is 206 Å². The zero-order valence-electron chi connectivity index (χ0n) is 33.6. The Kier molecular flexibility index (Phi) is 31.6. The van der Waals surface area contributed by atoms with Crippen LogP contribution in [0, 0.1) is 5.92 Å². The standard InChI is InChI=1S/C40H83N2O7P/c1-7-8-9-10-11-12-13-14-15-16-17-18-23-26-29-32-39(44)41-37(35-49-50(46,47)48-34-33-42(4,5)6)40(45)38(43)31-28-25-22-20-19-21-24-27-30-36(2)3/h36-38,40,43,45H,7-35H2,1-6H3,(H-,41,44,46,47)/t37-,38+,40-/m0/s1. The van der Waals surface area contributed by atoms with Gasteiger partial charge in [0.15, 0.2) is 0 Å². The monoisotopic (exact) mass is 735 g/mol. The number of quaternary nitrogens is 1. The molecule has 300 valence electrons. The van der Waals surface area contributed by atoms with Gasteiger partial charge in [0, 0.05) is 6.42 Å². The van der Waals surface area contributed by atoms with Gasteiger partial charge in [-0.25, -0.2) is 0 Å². The smallest absolute Gasteiger partial charge is 0.268 e. The minimum absolute atomic E-state index is 0.0381. The number of phosphoric ester groups is 1. The second kappa shape index (κ2) is 31.9. The second-order valence-electron chi connectivity index (χ2n) is 16.3. The number of hydrogen-bond donors (Lipinski definition) is 3. The van der Waals surface area contributed by atoms with Gasteiger partial charge >= 0.3 is 0 Å². The lowest BCUT2D eigenvalue weighted by atomic mass is 9.99. The fraction of sp³-hybridized carbons (Fsp3) is 0.975. The van der Waals surface area contributed by atoms with E-state index in [-0.39, 0.29) is 18.9 Å². The van der Waals surface area contributed by atoms with Gasteiger partial charge < -0.3 is 34.0 Å². The molecule has 0 heterocycles. The lowest BCUT2D eigenvalue weighted by Gasteiger charge is -2.31. The maximum Gasteiger partial charge on any atom is 0.268 e. The number of aliphatic hydroxyl groups is 2. The molecular weight excluding hydrogens is 651 g/mol. The number of carbonyl (C=O) groups is 1. The largest absolute Gasteiger partial charge is 0.756 e. The third-order valence-corrected chi connectivity index (χ3v) is 10.6. The zero-order valence-corrected chi connectivity index (χ0v) is 34.5. The fourth-order valence-corrected chi connectivity index (χ4v) is 6.93. The van der Waals surface area contributed by atoms with Crippen LogP contribution in [0.25, 0.3) is 0 Å². The zero-order chi connectivity index (χ0) is 37.5. The van der Waals surface area contributed by atoms with E-state index in [0.29, 0.717) is 17.4 Å². The molecule has 0 bridgehead atoms. The number of phosphoric acid groups is 1. The van der Waals surface area contributed by atoms with Crippen LogP contribution in [0.2, 0.25) is 0 Å². The van der Waals surface area contributed by atoms with Crippen LogP contribution in [0.15, 0.2) is 0 Å². The van der Waals surface area contributed by atoms with Gasteiger partial charge in [-0.3, -0.25) is 9.36 Å². The summed E-state index contributed by atoms with van der Waals surface area (Å²) >= 11 is 0. The van der Waals surface area contributed by atoms with Crippen molar-refractivity contribution >= 4 is 13.7 Å². The van der Waals surface area contributed by atoms with Crippen molar-refractivity contribution in [3.8, 4) is 0 Å². The van der Waals surface area contributed by atoms with Crippen LogP contribution in [-0.2, 0) is 18.4 Å². The molecule has 0 aromatic carbocycles. The first-order chi connectivity index (χ1) is 23.8. The van der Waals surface area contributed by atoms with Gasteiger partial charge in [-0.15, -0.1) is 0 Å². The predicted molar refractivity (Wildman–Crippen MR) is 207 cm³/mol. The molecule has 0 aromatic rings. The number of likely N-dealkylation sites (N-methyl/N-ethyl adjacent to an activating group) is 1. The third kappa shape index (κ3) is 33.3. The molecule has 0 aliphatic rings. The van der Waals surface area contributed by atoms with Gasteiger partial charge in [0.05, 0.1) is 39.9 Å². The van der Waals surface area contributed by atoms with Crippen molar-refractivity contribution in [3.63, 3.8) is 0 Å². The summed E-state index contributed by atoms with van der Waals surface area (Å²) in [4.78, 5) is 25.3. The van der Waals surface area contributed by atoms with Crippen molar-refractivity contribution in [1.82, 2.24) is 5.32 Å². The van der Waals surface area contributed by atoms with E-state index in [4.69, 9.17) is 9.05 Å². The van der Waals surface area contributed by atoms with Crippen molar-refractivity contribution in [3.05, 3.63) is 0 Å². The number of unbranched alkanes of at least 4 members (excludes halogenated alkanes) is 21. The number of rotatable bonds is 37. The molecule has 3 N–H and O–H groups in total. The van der Waals surface area contributed by atoms with Crippen molar-refractivity contribution in [2.75, 3.05) is 40.9 Å². The average molecular weight is 735 g/mol. The molecule has 50 heavy (non-hydrogen) atoms. The van der Waals surface area contributed by atoms with Crippen LogP contribution in [0.5, 0.6) is 0 Å². The molecular formula is C40H83N2O7P. The molecule has 0 aliphatic carbocycles. The summed E-state index contributed by atoms with van der Waals surface area (Å²) in [6, 6.07) is -1.07. The van der Waals surface area contributed by atoms with Gasteiger partial charge in [0.1, 0.15) is 19.3 Å². The summed E-state index contributed by atoms with van der Waals surface area (Å²) < 4.78 is 23.1. The Hall–Kier alpha value is -0.540. The van der Waals surface area contributed by atoms with E-state index < -0.39 is 32.7 Å². The molecule has 9 nitrogen and oxygen atoms in total. The average Bonchev–Trinajstić information content (AvgIpc) is 3.04. The van der Waals surface area contributed by atoms with E-state index in [2.05, 4.69) is 26.1 Å². The summed E-state index contributed by atoms with van der Waals surface area (Å²) in [7, 11) is 1.13. The van der Waals surface area contributed by atoms with E-state index in [0.717, 1.165) is 44.4 Å². The van der Waals surface area contributed by atoms with Gasteiger partial charge in [-0.2, -0.15) is 0 Å². The first-order valence-electron chi connectivity index (χ1n) is 20.8. The number of nitrogens with one attached hydrogen (secondary N) is 1. The maximum atomic E-state index is 12.8.